The van der Waals surface area contributed by atoms with Crippen LogP contribution < -0.4 is 0 Å². The lowest BCUT2D eigenvalue weighted by Crippen LogP contribution is -2.24. The maximum atomic E-state index is 8.51. The molecule has 0 aliphatic carbocycles. The van der Waals surface area contributed by atoms with Crippen LogP contribution in [0.2, 0.25) is 0 Å². The van der Waals surface area contributed by atoms with Gasteiger partial charge < -0.3 is 10.0 Å². The summed E-state index contributed by atoms with van der Waals surface area (Å²) in [5.41, 5.74) is 0. The number of hydrogen-bond acceptors (Lipinski definition) is 2. The first kappa shape index (κ1) is 9.92. The van der Waals surface area contributed by atoms with Crippen LogP contribution >= 0.6 is 0 Å². The molecule has 0 fully saturated rings. The van der Waals surface area contributed by atoms with Crippen molar-refractivity contribution in [3.8, 4) is 0 Å². The monoisotopic (exact) mass is 145 g/mol. The molecule has 0 saturated carbocycles. The third-order valence-corrected chi connectivity index (χ3v) is 1.78. The van der Waals surface area contributed by atoms with Crippen LogP contribution in [0.3, 0.4) is 0 Å². The molecule has 0 bridgehead atoms. The van der Waals surface area contributed by atoms with Gasteiger partial charge in [-0.2, -0.15) is 0 Å². The molecule has 0 aliphatic rings. The number of rotatable bonds is 6. The van der Waals surface area contributed by atoms with Crippen LogP contribution in [0.4, 0.5) is 0 Å². The van der Waals surface area contributed by atoms with Crippen LogP contribution in [-0.2, 0) is 0 Å². The summed E-state index contributed by atoms with van der Waals surface area (Å²) < 4.78 is 0. The van der Waals surface area contributed by atoms with Gasteiger partial charge in [0.05, 0.1) is 0 Å². The molecule has 0 aromatic rings. The summed E-state index contributed by atoms with van der Waals surface area (Å²) >= 11 is 0. The highest BCUT2D eigenvalue weighted by Gasteiger charge is 1.96. The number of aliphatic hydroxyl groups excluding tert-OH is 1. The minimum atomic E-state index is 0.335. The Morgan fingerprint density at radius 3 is 2.10 bits per heavy atom. The molecule has 0 aliphatic heterocycles. The van der Waals surface area contributed by atoms with E-state index in [9.17, 15) is 0 Å². The van der Waals surface area contributed by atoms with Crippen LogP contribution in [0.1, 0.15) is 26.7 Å². The Balaban J connectivity index is 3.09. The summed E-state index contributed by atoms with van der Waals surface area (Å²) in [5, 5.41) is 8.51. The summed E-state index contributed by atoms with van der Waals surface area (Å²) in [5.74, 6) is 0. The summed E-state index contributed by atoms with van der Waals surface area (Å²) in [6.45, 7) is 8.06. The smallest absolute Gasteiger partial charge is 0.0431 e. The van der Waals surface area contributed by atoms with E-state index in [1.807, 2.05) is 0 Å². The average molecular weight is 145 g/mol. The fourth-order valence-corrected chi connectivity index (χ4v) is 0.987. The minimum Gasteiger partial charge on any atom is -0.396 e. The van der Waals surface area contributed by atoms with Crippen molar-refractivity contribution in [2.45, 2.75) is 26.7 Å². The molecule has 2 heteroatoms. The van der Waals surface area contributed by atoms with Crippen molar-refractivity contribution in [3.63, 3.8) is 0 Å². The van der Waals surface area contributed by atoms with Crippen molar-refractivity contribution < 1.29 is 5.11 Å². The lowest BCUT2D eigenvalue weighted by molar-refractivity contribution is 0.254. The van der Waals surface area contributed by atoms with E-state index in [1.165, 1.54) is 0 Å². The SMILES string of the molecule is CCN(CC)CCCCO. The van der Waals surface area contributed by atoms with Gasteiger partial charge in [0.2, 0.25) is 0 Å². The van der Waals surface area contributed by atoms with Crippen LogP contribution in [0.25, 0.3) is 0 Å². The highest BCUT2D eigenvalue weighted by Crippen LogP contribution is 1.93. The second-order valence-electron chi connectivity index (χ2n) is 2.46. The van der Waals surface area contributed by atoms with Crippen molar-refractivity contribution in [1.82, 2.24) is 4.90 Å². The highest BCUT2D eigenvalue weighted by atomic mass is 16.2. The van der Waals surface area contributed by atoms with Gasteiger partial charge in [0.25, 0.3) is 0 Å². The molecule has 0 spiro atoms. The van der Waals surface area contributed by atoms with Gasteiger partial charge in [0.15, 0.2) is 0 Å². The Bertz CT molecular complexity index is 62.3. The normalized spacial score (nSPS) is 10.8. The Morgan fingerprint density at radius 2 is 1.70 bits per heavy atom. The molecular weight excluding hydrogens is 126 g/mol. The number of aliphatic hydroxyl groups is 1. The third kappa shape index (κ3) is 4.77. The van der Waals surface area contributed by atoms with E-state index >= 15 is 0 Å². The molecule has 0 amide bonds. The van der Waals surface area contributed by atoms with E-state index in [2.05, 4.69) is 18.7 Å². The molecule has 0 saturated heterocycles. The summed E-state index contributed by atoms with van der Waals surface area (Å²) in [7, 11) is 0. The molecule has 2 nitrogen and oxygen atoms in total. The predicted molar refractivity (Wildman–Crippen MR) is 44.1 cm³/mol. The third-order valence-electron chi connectivity index (χ3n) is 1.78. The number of hydrogen-bond donors (Lipinski definition) is 1. The van der Waals surface area contributed by atoms with Gasteiger partial charge >= 0.3 is 0 Å². The van der Waals surface area contributed by atoms with Crippen molar-refractivity contribution >= 4 is 0 Å². The topological polar surface area (TPSA) is 23.5 Å². The van der Waals surface area contributed by atoms with E-state index in [0.29, 0.717) is 6.61 Å². The zero-order chi connectivity index (χ0) is 7.82. The maximum Gasteiger partial charge on any atom is 0.0431 e. The van der Waals surface area contributed by atoms with Crippen molar-refractivity contribution in [2.75, 3.05) is 26.2 Å². The number of unbranched alkanes of at least 4 members (excludes halogenated alkanes) is 1. The standard InChI is InChI=1S/C8H19NO/c1-3-9(4-2)7-5-6-8-10/h10H,3-8H2,1-2H3. The van der Waals surface area contributed by atoms with Crippen molar-refractivity contribution in [1.29, 1.82) is 0 Å². The Morgan fingerprint density at radius 1 is 1.10 bits per heavy atom. The van der Waals surface area contributed by atoms with E-state index in [1.54, 1.807) is 0 Å². The number of nitrogens with zero attached hydrogens (tertiary/aromatic N) is 1. The van der Waals surface area contributed by atoms with E-state index in [-0.39, 0.29) is 0 Å². The molecule has 0 rings (SSSR count). The molecule has 10 heavy (non-hydrogen) atoms. The van der Waals surface area contributed by atoms with Crippen molar-refractivity contribution in [3.05, 3.63) is 0 Å². The molecule has 0 unspecified atom stereocenters. The van der Waals surface area contributed by atoms with Gasteiger partial charge in [-0.15, -0.1) is 0 Å². The van der Waals surface area contributed by atoms with E-state index in [0.717, 1.165) is 32.5 Å². The minimum absolute atomic E-state index is 0.335. The molecule has 0 radical (unpaired) electrons. The first-order chi connectivity index (χ1) is 4.85. The average Bonchev–Trinajstić information content (AvgIpc) is 1.99. The first-order valence-corrected chi connectivity index (χ1v) is 4.18. The Kier molecular flexibility index (Phi) is 6.98. The van der Waals surface area contributed by atoms with Gasteiger partial charge in [-0.05, 0) is 32.5 Å². The predicted octanol–water partition coefficient (Wildman–Crippen LogP) is 1.10. The van der Waals surface area contributed by atoms with Crippen molar-refractivity contribution in [2.24, 2.45) is 0 Å². The lowest BCUT2D eigenvalue weighted by atomic mass is 10.3. The van der Waals surface area contributed by atoms with E-state index < -0.39 is 0 Å². The molecule has 0 aromatic carbocycles. The van der Waals surface area contributed by atoms with Gasteiger partial charge in [-0.1, -0.05) is 13.8 Å². The van der Waals surface area contributed by atoms with Gasteiger partial charge in [0.1, 0.15) is 0 Å². The summed E-state index contributed by atoms with van der Waals surface area (Å²) in [6.07, 6.45) is 2.06. The first-order valence-electron chi connectivity index (χ1n) is 4.18. The quantitative estimate of drug-likeness (QED) is 0.566. The highest BCUT2D eigenvalue weighted by molar-refractivity contribution is 4.51. The Hall–Kier alpha value is -0.0800. The lowest BCUT2D eigenvalue weighted by Gasteiger charge is -2.16. The van der Waals surface area contributed by atoms with Crippen LogP contribution in [-0.4, -0.2) is 36.2 Å². The van der Waals surface area contributed by atoms with Gasteiger partial charge in [-0.3, -0.25) is 0 Å². The second kappa shape index (κ2) is 7.03. The zero-order valence-electron chi connectivity index (χ0n) is 7.14. The fraction of sp³-hybridized carbons (Fsp3) is 1.00. The van der Waals surface area contributed by atoms with Crippen LogP contribution in [0.15, 0.2) is 0 Å². The van der Waals surface area contributed by atoms with Crippen LogP contribution in [0, 0.1) is 0 Å². The molecule has 62 valence electrons. The van der Waals surface area contributed by atoms with E-state index in [4.69, 9.17) is 5.11 Å². The molecule has 0 heterocycles. The second-order valence-corrected chi connectivity index (χ2v) is 2.46. The fourth-order valence-electron chi connectivity index (χ4n) is 0.987. The molecule has 0 atom stereocenters. The molecular formula is C8H19NO. The Labute approximate surface area is 63.8 Å². The maximum absolute atomic E-state index is 8.51. The summed E-state index contributed by atoms with van der Waals surface area (Å²) in [6, 6.07) is 0. The van der Waals surface area contributed by atoms with Crippen LogP contribution in [0.5, 0.6) is 0 Å². The van der Waals surface area contributed by atoms with Gasteiger partial charge in [0, 0.05) is 6.61 Å². The summed E-state index contributed by atoms with van der Waals surface area (Å²) in [4.78, 5) is 2.37. The largest absolute Gasteiger partial charge is 0.396 e. The molecule has 0 aromatic heterocycles. The molecule has 1 N–H and O–H groups in total. The zero-order valence-corrected chi connectivity index (χ0v) is 7.14. The van der Waals surface area contributed by atoms with Gasteiger partial charge in [-0.25, -0.2) is 0 Å².